The van der Waals surface area contributed by atoms with Crippen molar-refractivity contribution >= 4 is 23.5 Å². The van der Waals surface area contributed by atoms with Crippen LogP contribution in [0.4, 0.5) is 0 Å². The highest BCUT2D eigenvalue weighted by atomic mass is 35.5. The zero-order valence-corrected chi connectivity index (χ0v) is 29.3. The minimum atomic E-state index is -0.573. The summed E-state index contributed by atoms with van der Waals surface area (Å²) in [5.74, 6) is -0.369. The third kappa shape index (κ3) is 33.1. The molecule has 0 bridgehead atoms. The fourth-order valence-corrected chi connectivity index (χ4v) is 4.93. The monoisotopic (exact) mass is 634 g/mol. The average molecular weight is 635 g/mol. The van der Waals surface area contributed by atoms with E-state index in [2.05, 4.69) is 62.5 Å². The molecule has 0 N–H and O–H groups in total. The Kier molecular flexibility index (Phi) is 34.2. The van der Waals surface area contributed by atoms with Gasteiger partial charge in [0.15, 0.2) is 0 Å². The van der Waals surface area contributed by atoms with E-state index in [-0.39, 0.29) is 24.4 Å². The molecule has 0 aliphatic heterocycles. The average Bonchev–Trinajstić information content (AvgIpc) is 3.02. The summed E-state index contributed by atoms with van der Waals surface area (Å²) in [5.41, 5.74) is 0. The number of ether oxygens (including phenoxy) is 2. The van der Waals surface area contributed by atoms with E-state index in [1.807, 2.05) is 0 Å². The second-order valence-electron chi connectivity index (χ2n) is 11.9. The standard InChI is InChI=1S/C39H67ClO4/c1-3-5-7-9-11-13-15-17-19-21-23-25-27-29-31-33-38(41)43-36-37(35-40)44-39(42)34-32-30-28-26-24-22-20-18-16-14-12-10-8-6-4-2/h11-14,17-20,37H,3-10,15-16,21-36H2,1-2H3/b13-11-,14-12-,19-17-,20-18-. The number of hydrogen-bond acceptors (Lipinski definition) is 4. The van der Waals surface area contributed by atoms with Gasteiger partial charge >= 0.3 is 11.9 Å². The largest absolute Gasteiger partial charge is 0.462 e. The van der Waals surface area contributed by atoms with Crippen molar-refractivity contribution in [3.05, 3.63) is 48.6 Å². The van der Waals surface area contributed by atoms with Gasteiger partial charge in [0.05, 0.1) is 5.88 Å². The van der Waals surface area contributed by atoms with Crippen LogP contribution in [0.5, 0.6) is 0 Å². The van der Waals surface area contributed by atoms with Crippen LogP contribution in [-0.4, -0.2) is 30.5 Å². The van der Waals surface area contributed by atoms with Gasteiger partial charge < -0.3 is 9.47 Å². The number of rotatable bonds is 32. The van der Waals surface area contributed by atoms with E-state index in [0.717, 1.165) is 64.2 Å². The summed E-state index contributed by atoms with van der Waals surface area (Å²) in [5, 5.41) is 0. The lowest BCUT2D eigenvalue weighted by Gasteiger charge is -2.15. The van der Waals surface area contributed by atoms with Gasteiger partial charge in [-0.25, -0.2) is 0 Å². The first-order chi connectivity index (χ1) is 21.6. The molecule has 0 radical (unpaired) electrons. The second kappa shape index (κ2) is 35.7. The van der Waals surface area contributed by atoms with E-state index >= 15 is 0 Å². The highest BCUT2D eigenvalue weighted by molar-refractivity contribution is 6.18. The van der Waals surface area contributed by atoms with Crippen LogP contribution in [0, 0.1) is 0 Å². The third-order valence-electron chi connectivity index (χ3n) is 7.56. The molecule has 0 aliphatic rings. The SMILES string of the molecule is CCCCC/C=C\C/C=C\CCCCCCCC(=O)OCC(CCl)OC(=O)CCCCCCC/C=C\C/C=C\CCCCC. The van der Waals surface area contributed by atoms with Gasteiger partial charge in [-0.05, 0) is 77.0 Å². The zero-order chi connectivity index (χ0) is 32.2. The van der Waals surface area contributed by atoms with Crippen LogP contribution in [0.3, 0.4) is 0 Å². The van der Waals surface area contributed by atoms with Crippen molar-refractivity contribution in [2.24, 2.45) is 0 Å². The predicted molar refractivity (Wildman–Crippen MR) is 190 cm³/mol. The number of esters is 2. The Balaban J connectivity index is 3.64. The number of hydrogen-bond donors (Lipinski definition) is 0. The van der Waals surface area contributed by atoms with Crippen LogP contribution >= 0.6 is 11.6 Å². The number of allylic oxidation sites excluding steroid dienone is 8. The van der Waals surface area contributed by atoms with Crippen LogP contribution in [0.15, 0.2) is 48.6 Å². The Morgan fingerprint density at radius 1 is 0.523 bits per heavy atom. The molecule has 0 spiro atoms. The first kappa shape index (κ1) is 42.2. The predicted octanol–water partition coefficient (Wildman–Crippen LogP) is 12.3. The molecule has 4 nitrogen and oxygen atoms in total. The quantitative estimate of drug-likeness (QED) is 0.0319. The number of alkyl halides is 1. The Bertz CT molecular complexity index is 755. The maximum Gasteiger partial charge on any atom is 0.306 e. The van der Waals surface area contributed by atoms with Crippen molar-refractivity contribution in [3.63, 3.8) is 0 Å². The maximum absolute atomic E-state index is 12.2. The van der Waals surface area contributed by atoms with Crippen LogP contribution in [0.2, 0.25) is 0 Å². The van der Waals surface area contributed by atoms with E-state index in [1.54, 1.807) is 0 Å². The van der Waals surface area contributed by atoms with E-state index < -0.39 is 6.10 Å². The molecule has 0 saturated carbocycles. The Morgan fingerprint density at radius 2 is 0.909 bits per heavy atom. The summed E-state index contributed by atoms with van der Waals surface area (Å²) < 4.78 is 10.8. The molecule has 0 aliphatic carbocycles. The van der Waals surface area contributed by atoms with Crippen LogP contribution in [-0.2, 0) is 19.1 Å². The highest BCUT2D eigenvalue weighted by Gasteiger charge is 2.16. The molecule has 0 fully saturated rings. The lowest BCUT2D eigenvalue weighted by Crippen LogP contribution is -2.26. The van der Waals surface area contributed by atoms with Crippen molar-refractivity contribution in [2.45, 2.75) is 174 Å². The normalized spacial score (nSPS) is 12.7. The zero-order valence-electron chi connectivity index (χ0n) is 28.6. The van der Waals surface area contributed by atoms with Crippen molar-refractivity contribution in [3.8, 4) is 0 Å². The van der Waals surface area contributed by atoms with Crippen molar-refractivity contribution in [2.75, 3.05) is 12.5 Å². The molecule has 0 heterocycles. The van der Waals surface area contributed by atoms with Gasteiger partial charge in [-0.3, -0.25) is 9.59 Å². The summed E-state index contributed by atoms with van der Waals surface area (Å²) in [6.45, 7) is 4.51. The Morgan fingerprint density at radius 3 is 1.34 bits per heavy atom. The summed E-state index contributed by atoms with van der Waals surface area (Å²) in [4.78, 5) is 24.3. The Labute approximate surface area is 277 Å². The summed E-state index contributed by atoms with van der Waals surface area (Å²) in [7, 11) is 0. The molecule has 0 aromatic rings. The molecule has 0 saturated heterocycles. The molecular weight excluding hydrogens is 568 g/mol. The summed E-state index contributed by atoms with van der Waals surface area (Å²) in [6, 6.07) is 0. The molecule has 1 atom stereocenters. The number of unbranched alkanes of at least 4 members (excludes halogenated alkanes) is 16. The molecule has 1 unspecified atom stereocenters. The lowest BCUT2D eigenvalue weighted by atomic mass is 10.1. The first-order valence-electron chi connectivity index (χ1n) is 18.1. The summed E-state index contributed by atoms with van der Waals surface area (Å²) in [6.07, 6.45) is 43.7. The maximum atomic E-state index is 12.2. The van der Waals surface area contributed by atoms with Gasteiger partial charge in [0, 0.05) is 12.8 Å². The molecular formula is C39H67ClO4. The number of carbonyl (C=O) groups is 2. The van der Waals surface area contributed by atoms with Gasteiger partial charge in [-0.1, -0.05) is 127 Å². The molecule has 254 valence electrons. The second-order valence-corrected chi connectivity index (χ2v) is 12.2. The highest BCUT2D eigenvalue weighted by Crippen LogP contribution is 2.11. The van der Waals surface area contributed by atoms with Crippen LogP contribution < -0.4 is 0 Å². The fraction of sp³-hybridized carbons (Fsp3) is 0.744. The van der Waals surface area contributed by atoms with Gasteiger partial charge in [0.1, 0.15) is 12.7 Å². The third-order valence-corrected chi connectivity index (χ3v) is 7.91. The molecule has 0 aromatic carbocycles. The van der Waals surface area contributed by atoms with E-state index in [4.69, 9.17) is 21.1 Å². The molecule has 44 heavy (non-hydrogen) atoms. The summed E-state index contributed by atoms with van der Waals surface area (Å²) >= 11 is 5.95. The van der Waals surface area contributed by atoms with Gasteiger partial charge in [-0.2, -0.15) is 0 Å². The molecule has 0 aromatic heterocycles. The van der Waals surface area contributed by atoms with Crippen molar-refractivity contribution in [1.82, 2.24) is 0 Å². The molecule has 0 amide bonds. The van der Waals surface area contributed by atoms with Crippen LogP contribution in [0.25, 0.3) is 0 Å². The molecule has 0 rings (SSSR count). The van der Waals surface area contributed by atoms with Gasteiger partial charge in [0.2, 0.25) is 0 Å². The smallest absolute Gasteiger partial charge is 0.306 e. The van der Waals surface area contributed by atoms with E-state index in [1.165, 1.54) is 77.0 Å². The fourth-order valence-electron chi connectivity index (χ4n) is 4.77. The lowest BCUT2D eigenvalue weighted by molar-refractivity contribution is -0.157. The van der Waals surface area contributed by atoms with Crippen molar-refractivity contribution in [1.29, 1.82) is 0 Å². The van der Waals surface area contributed by atoms with Gasteiger partial charge in [-0.15, -0.1) is 11.6 Å². The first-order valence-corrected chi connectivity index (χ1v) is 18.7. The Hall–Kier alpha value is -1.81. The number of carbonyl (C=O) groups excluding carboxylic acids is 2. The topological polar surface area (TPSA) is 52.6 Å². The minimum absolute atomic E-state index is 0.0382. The number of halogens is 1. The van der Waals surface area contributed by atoms with Gasteiger partial charge in [0.25, 0.3) is 0 Å². The van der Waals surface area contributed by atoms with Crippen molar-refractivity contribution < 1.29 is 19.1 Å². The minimum Gasteiger partial charge on any atom is -0.462 e. The molecule has 5 heteroatoms. The van der Waals surface area contributed by atoms with Crippen LogP contribution in [0.1, 0.15) is 168 Å². The van der Waals surface area contributed by atoms with E-state index in [9.17, 15) is 9.59 Å². The van der Waals surface area contributed by atoms with E-state index in [0.29, 0.717) is 12.8 Å².